The van der Waals surface area contributed by atoms with Gasteiger partial charge >= 0.3 is 0 Å². The minimum Gasteiger partial charge on any atom is -0.357 e. The van der Waals surface area contributed by atoms with Gasteiger partial charge in [0.1, 0.15) is 5.82 Å². The summed E-state index contributed by atoms with van der Waals surface area (Å²) < 4.78 is 14.3. The first-order chi connectivity index (χ1) is 9.56. The minimum atomic E-state index is -0.200. The van der Waals surface area contributed by atoms with Crippen LogP contribution in [0.4, 0.5) is 4.39 Å². The summed E-state index contributed by atoms with van der Waals surface area (Å²) in [6, 6.07) is 3.67. The number of nitrogens with zero attached hydrogens (tertiary/aromatic N) is 1. The van der Waals surface area contributed by atoms with Crippen molar-refractivity contribution < 1.29 is 4.39 Å². The van der Waals surface area contributed by atoms with Gasteiger partial charge in [0.05, 0.1) is 0 Å². The molecule has 0 radical (unpaired) electrons. The minimum absolute atomic E-state index is 0.200. The largest absolute Gasteiger partial charge is 0.357 e. The Bertz CT molecular complexity index is 618. The van der Waals surface area contributed by atoms with Gasteiger partial charge in [0.2, 0.25) is 0 Å². The van der Waals surface area contributed by atoms with Crippen LogP contribution in [-0.2, 0) is 13.0 Å². The zero-order valence-corrected chi connectivity index (χ0v) is 13.6. The average Bonchev–Trinajstić information content (AvgIpc) is 2.77. The van der Waals surface area contributed by atoms with Crippen molar-refractivity contribution in [3.05, 3.63) is 46.8 Å². The molecule has 2 nitrogen and oxygen atoms in total. The summed E-state index contributed by atoms with van der Waals surface area (Å²) in [5.74, 6) is -0.200. The Hall–Kier alpha value is -1.13. The molecule has 0 amide bonds. The molecule has 0 saturated carbocycles. The second-order valence-electron chi connectivity index (χ2n) is 5.21. The first-order valence-electron chi connectivity index (χ1n) is 6.79. The highest BCUT2D eigenvalue weighted by Crippen LogP contribution is 2.33. The fourth-order valence-corrected chi connectivity index (χ4v) is 3.43. The number of halogens is 2. The van der Waals surface area contributed by atoms with Crippen LogP contribution in [0.5, 0.6) is 0 Å². The van der Waals surface area contributed by atoms with Crippen LogP contribution in [-0.4, -0.2) is 22.5 Å². The highest BCUT2D eigenvalue weighted by molar-refractivity contribution is 9.10. The van der Waals surface area contributed by atoms with E-state index in [1.807, 2.05) is 0 Å². The Morgan fingerprint density at radius 1 is 1.35 bits per heavy atom. The Labute approximate surface area is 127 Å². The number of fused-ring (bicyclic) bond motifs is 3. The molecule has 0 unspecified atom stereocenters. The molecule has 1 aromatic carbocycles. The third-order valence-electron chi connectivity index (χ3n) is 3.75. The average molecular weight is 339 g/mol. The Kier molecular flexibility index (Phi) is 4.66. The first-order valence-corrected chi connectivity index (χ1v) is 7.58. The Balaban J connectivity index is 0.000000704. The molecule has 0 spiro atoms. The number of benzene rings is 1. The predicted octanol–water partition coefficient (Wildman–Crippen LogP) is 4.64. The predicted molar refractivity (Wildman–Crippen MR) is 86.5 cm³/mol. The molecule has 20 heavy (non-hydrogen) atoms. The van der Waals surface area contributed by atoms with Crippen LogP contribution in [0.2, 0.25) is 0 Å². The lowest BCUT2D eigenvalue weighted by Gasteiger charge is -2.30. The molecule has 1 N–H and O–H groups in total. The first kappa shape index (κ1) is 15.3. The fourth-order valence-electron chi connectivity index (χ4n) is 2.76. The molecule has 0 bridgehead atoms. The highest BCUT2D eigenvalue weighted by Gasteiger charge is 2.23. The van der Waals surface area contributed by atoms with Crippen LogP contribution in [0.15, 0.2) is 29.8 Å². The molecule has 1 aliphatic heterocycles. The van der Waals surface area contributed by atoms with Gasteiger partial charge in [-0.3, -0.25) is 4.90 Å². The van der Waals surface area contributed by atoms with Crippen molar-refractivity contribution in [2.24, 2.45) is 0 Å². The van der Waals surface area contributed by atoms with Crippen LogP contribution < -0.4 is 0 Å². The van der Waals surface area contributed by atoms with Crippen molar-refractivity contribution in [3.63, 3.8) is 0 Å². The smallest absolute Gasteiger partial charge is 0.126 e. The van der Waals surface area contributed by atoms with Crippen LogP contribution in [0.1, 0.15) is 25.1 Å². The molecule has 108 valence electrons. The van der Waals surface area contributed by atoms with E-state index in [9.17, 15) is 4.39 Å². The lowest BCUT2D eigenvalue weighted by Crippen LogP contribution is -2.35. The maximum atomic E-state index is 13.4. The van der Waals surface area contributed by atoms with Gasteiger partial charge in [-0.2, -0.15) is 0 Å². The van der Waals surface area contributed by atoms with E-state index in [1.54, 1.807) is 12.1 Å². The van der Waals surface area contributed by atoms with Crippen molar-refractivity contribution in [3.8, 4) is 0 Å². The van der Waals surface area contributed by atoms with Gasteiger partial charge in [-0.1, -0.05) is 0 Å². The van der Waals surface area contributed by atoms with Crippen molar-refractivity contribution in [1.82, 2.24) is 9.88 Å². The summed E-state index contributed by atoms with van der Waals surface area (Å²) in [6.07, 6.45) is 1.03. The molecule has 4 heteroatoms. The quantitative estimate of drug-likeness (QED) is 0.750. The lowest BCUT2D eigenvalue weighted by molar-refractivity contribution is 0.201. The van der Waals surface area contributed by atoms with Gasteiger partial charge in [0.15, 0.2) is 0 Å². The van der Waals surface area contributed by atoms with E-state index >= 15 is 0 Å². The van der Waals surface area contributed by atoms with Crippen molar-refractivity contribution in [2.45, 2.75) is 32.9 Å². The van der Waals surface area contributed by atoms with Crippen LogP contribution in [0, 0.1) is 5.82 Å². The van der Waals surface area contributed by atoms with E-state index < -0.39 is 0 Å². The SMILES string of the molecule is C=C.CC(C)N1CCc2c([nH]c3cc(F)cc(Br)c23)C1. The van der Waals surface area contributed by atoms with Crippen LogP contribution in [0.3, 0.4) is 0 Å². The molecular formula is C16H20BrFN2. The van der Waals surface area contributed by atoms with E-state index in [1.165, 1.54) is 11.3 Å². The summed E-state index contributed by atoms with van der Waals surface area (Å²) in [5, 5.41) is 1.15. The standard InChI is InChI=1S/C14H16BrFN2.C2H4/c1-8(2)18-4-3-10-13(7-18)17-12-6-9(16)5-11(15)14(10)12;1-2/h5-6,8,17H,3-4,7H2,1-2H3;1-2H2. The molecular weight excluding hydrogens is 319 g/mol. The summed E-state index contributed by atoms with van der Waals surface area (Å²) in [6.45, 7) is 12.4. The molecule has 0 fully saturated rings. The Morgan fingerprint density at radius 3 is 2.70 bits per heavy atom. The second kappa shape index (κ2) is 6.10. The van der Waals surface area contributed by atoms with E-state index in [0.29, 0.717) is 6.04 Å². The third-order valence-corrected chi connectivity index (χ3v) is 4.37. The normalized spacial score (nSPS) is 15.1. The number of H-pyrrole nitrogens is 1. The van der Waals surface area contributed by atoms with E-state index in [-0.39, 0.29) is 5.82 Å². The van der Waals surface area contributed by atoms with Crippen molar-refractivity contribution >= 4 is 26.8 Å². The number of nitrogens with one attached hydrogen (secondary N) is 1. The molecule has 3 rings (SSSR count). The van der Waals surface area contributed by atoms with Gasteiger partial charge in [-0.15, -0.1) is 13.2 Å². The molecule has 0 atom stereocenters. The molecule has 0 saturated heterocycles. The van der Waals surface area contributed by atoms with Crippen molar-refractivity contribution in [1.29, 1.82) is 0 Å². The lowest BCUT2D eigenvalue weighted by atomic mass is 10.0. The Morgan fingerprint density at radius 2 is 2.05 bits per heavy atom. The molecule has 0 aliphatic carbocycles. The summed E-state index contributed by atoms with van der Waals surface area (Å²) in [7, 11) is 0. The fraction of sp³-hybridized carbons (Fsp3) is 0.375. The molecule has 1 aromatic heterocycles. The maximum Gasteiger partial charge on any atom is 0.126 e. The van der Waals surface area contributed by atoms with Gasteiger partial charge in [-0.05, 0) is 53.9 Å². The number of aromatic nitrogens is 1. The van der Waals surface area contributed by atoms with Gasteiger partial charge < -0.3 is 4.98 Å². The van der Waals surface area contributed by atoms with Crippen LogP contribution in [0.25, 0.3) is 10.9 Å². The molecule has 2 heterocycles. The highest BCUT2D eigenvalue weighted by atomic mass is 79.9. The van der Waals surface area contributed by atoms with E-state index in [2.05, 4.69) is 52.8 Å². The zero-order chi connectivity index (χ0) is 14.9. The topological polar surface area (TPSA) is 19.0 Å². The van der Waals surface area contributed by atoms with Crippen molar-refractivity contribution in [2.75, 3.05) is 6.54 Å². The van der Waals surface area contributed by atoms with E-state index in [4.69, 9.17) is 0 Å². The summed E-state index contributed by atoms with van der Waals surface area (Å²) in [5.41, 5.74) is 3.47. The third kappa shape index (κ3) is 2.67. The second-order valence-corrected chi connectivity index (χ2v) is 6.06. The number of aromatic amines is 1. The van der Waals surface area contributed by atoms with Gasteiger partial charge in [0.25, 0.3) is 0 Å². The van der Waals surface area contributed by atoms with E-state index in [0.717, 1.165) is 34.9 Å². The van der Waals surface area contributed by atoms with Gasteiger partial charge in [0, 0.05) is 40.2 Å². The zero-order valence-electron chi connectivity index (χ0n) is 12.0. The molecule has 1 aliphatic rings. The number of hydrogen-bond donors (Lipinski definition) is 1. The maximum absolute atomic E-state index is 13.4. The number of hydrogen-bond acceptors (Lipinski definition) is 1. The van der Waals surface area contributed by atoms with Gasteiger partial charge in [-0.25, -0.2) is 4.39 Å². The number of rotatable bonds is 1. The summed E-state index contributed by atoms with van der Waals surface area (Å²) in [4.78, 5) is 5.80. The van der Waals surface area contributed by atoms with Crippen LogP contribution >= 0.6 is 15.9 Å². The monoisotopic (exact) mass is 338 g/mol. The molecule has 2 aromatic rings. The summed E-state index contributed by atoms with van der Waals surface area (Å²) >= 11 is 3.48.